The molecule has 0 bridgehead atoms. The second kappa shape index (κ2) is 7.33. The number of aromatic nitrogens is 2. The molecule has 2 rings (SSSR count). The van der Waals surface area contributed by atoms with Crippen LogP contribution in [0.1, 0.15) is 44.8 Å². The van der Waals surface area contributed by atoms with E-state index in [0.29, 0.717) is 6.54 Å². The molecular formula is C15H26N4O3S. The van der Waals surface area contributed by atoms with Crippen LogP contribution in [0.15, 0.2) is 12.3 Å². The minimum absolute atomic E-state index is 0.00812. The topological polar surface area (TPSA) is 84.3 Å². The number of aryl methyl sites for hydroxylation is 1. The van der Waals surface area contributed by atoms with Crippen LogP contribution in [0.5, 0.6) is 0 Å². The van der Waals surface area contributed by atoms with E-state index in [1.54, 1.807) is 29.6 Å². The maximum absolute atomic E-state index is 12.6. The van der Waals surface area contributed by atoms with Crippen molar-refractivity contribution in [3.05, 3.63) is 18.0 Å². The molecule has 2 amide bonds. The third kappa shape index (κ3) is 4.46. The molecule has 2 heterocycles. The fourth-order valence-corrected chi connectivity index (χ4v) is 4.11. The van der Waals surface area contributed by atoms with E-state index in [9.17, 15) is 13.2 Å². The lowest BCUT2D eigenvalue weighted by Crippen LogP contribution is -2.49. The Bertz CT molecular complexity index is 641. The maximum atomic E-state index is 12.6. The molecule has 23 heavy (non-hydrogen) atoms. The highest BCUT2D eigenvalue weighted by Crippen LogP contribution is 2.30. The highest BCUT2D eigenvalue weighted by atomic mass is 32.2. The van der Waals surface area contributed by atoms with Gasteiger partial charge in [0.1, 0.15) is 0 Å². The first-order chi connectivity index (χ1) is 10.8. The van der Waals surface area contributed by atoms with E-state index in [2.05, 4.69) is 10.4 Å². The van der Waals surface area contributed by atoms with E-state index in [0.717, 1.165) is 25.0 Å². The van der Waals surface area contributed by atoms with E-state index in [1.165, 1.54) is 0 Å². The number of likely N-dealkylation sites (tertiary alicyclic amines) is 1. The van der Waals surface area contributed by atoms with Gasteiger partial charge in [0, 0.05) is 31.6 Å². The van der Waals surface area contributed by atoms with Crippen LogP contribution in [-0.2, 0) is 16.9 Å². The summed E-state index contributed by atoms with van der Waals surface area (Å²) in [4.78, 5) is 14.4. The molecule has 0 radical (unpaired) electrons. The van der Waals surface area contributed by atoms with Gasteiger partial charge in [-0.15, -0.1) is 0 Å². The predicted octanol–water partition coefficient (Wildman–Crippen LogP) is 1.48. The zero-order valence-corrected chi connectivity index (χ0v) is 14.8. The number of rotatable bonds is 5. The molecule has 2 unspecified atom stereocenters. The van der Waals surface area contributed by atoms with Gasteiger partial charge in [-0.3, -0.25) is 4.68 Å². The number of carbonyl (C=O) groups excluding carboxylic acids is 1. The van der Waals surface area contributed by atoms with Crippen LogP contribution in [0, 0.1) is 0 Å². The molecule has 0 saturated carbocycles. The number of carbonyl (C=O) groups is 1. The quantitative estimate of drug-likeness (QED) is 0.878. The van der Waals surface area contributed by atoms with Gasteiger partial charge in [-0.2, -0.15) is 5.10 Å². The van der Waals surface area contributed by atoms with Gasteiger partial charge in [0.25, 0.3) is 0 Å². The van der Waals surface area contributed by atoms with Gasteiger partial charge in [-0.1, -0.05) is 6.92 Å². The zero-order chi connectivity index (χ0) is 17.0. The Morgan fingerprint density at radius 3 is 2.83 bits per heavy atom. The van der Waals surface area contributed by atoms with Gasteiger partial charge in [0.15, 0.2) is 9.84 Å². The molecule has 1 N–H and O–H groups in total. The summed E-state index contributed by atoms with van der Waals surface area (Å²) in [7, 11) is -1.23. The second-order valence-electron chi connectivity index (χ2n) is 6.13. The van der Waals surface area contributed by atoms with Gasteiger partial charge in [-0.25, -0.2) is 13.2 Å². The zero-order valence-electron chi connectivity index (χ0n) is 14.0. The number of hydrogen-bond acceptors (Lipinski definition) is 4. The third-order valence-corrected chi connectivity index (χ3v) is 6.17. The van der Waals surface area contributed by atoms with Crippen LogP contribution >= 0.6 is 0 Å². The molecule has 1 fully saturated rings. The van der Waals surface area contributed by atoms with Crippen LogP contribution in [0.3, 0.4) is 0 Å². The highest BCUT2D eigenvalue weighted by Gasteiger charge is 2.30. The number of piperidine rings is 1. The lowest BCUT2D eigenvalue weighted by molar-refractivity contribution is 0.146. The van der Waals surface area contributed by atoms with Crippen molar-refractivity contribution in [1.82, 2.24) is 20.0 Å². The average molecular weight is 342 g/mol. The van der Waals surface area contributed by atoms with Gasteiger partial charge in [0.05, 0.1) is 17.5 Å². The lowest BCUT2D eigenvalue weighted by atomic mass is 9.99. The van der Waals surface area contributed by atoms with Crippen LogP contribution in [0.25, 0.3) is 0 Å². The highest BCUT2D eigenvalue weighted by molar-refractivity contribution is 7.91. The van der Waals surface area contributed by atoms with E-state index >= 15 is 0 Å². The fourth-order valence-electron chi connectivity index (χ4n) is 3.03. The summed E-state index contributed by atoms with van der Waals surface area (Å²) in [5.41, 5.74) is 1.01. The van der Waals surface area contributed by atoms with E-state index in [1.807, 2.05) is 13.1 Å². The summed E-state index contributed by atoms with van der Waals surface area (Å²) >= 11 is 0. The molecule has 8 heteroatoms. The Morgan fingerprint density at radius 2 is 2.22 bits per heavy atom. The molecular weight excluding hydrogens is 316 g/mol. The van der Waals surface area contributed by atoms with Crippen molar-refractivity contribution in [3.63, 3.8) is 0 Å². The van der Waals surface area contributed by atoms with Crippen LogP contribution in [-0.4, -0.2) is 53.2 Å². The SMILES string of the molecule is CCS(=O)(=O)CC(C)NC(=O)N1CCCCC1c1ccnn1C. The number of nitrogens with zero attached hydrogens (tertiary/aromatic N) is 3. The fraction of sp³-hybridized carbons (Fsp3) is 0.733. The van der Waals surface area contributed by atoms with Gasteiger partial charge < -0.3 is 10.2 Å². The summed E-state index contributed by atoms with van der Waals surface area (Å²) in [6.07, 6.45) is 4.66. The molecule has 0 aromatic carbocycles. The largest absolute Gasteiger partial charge is 0.334 e. The summed E-state index contributed by atoms with van der Waals surface area (Å²) < 4.78 is 25.2. The molecule has 1 aromatic rings. The number of amides is 2. The van der Waals surface area contributed by atoms with E-state index in [4.69, 9.17) is 0 Å². The summed E-state index contributed by atoms with van der Waals surface area (Å²) in [6.45, 7) is 4.02. The van der Waals surface area contributed by atoms with Crippen molar-refractivity contribution < 1.29 is 13.2 Å². The first kappa shape index (κ1) is 17.8. The predicted molar refractivity (Wildman–Crippen MR) is 88.8 cm³/mol. The summed E-state index contributed by atoms with van der Waals surface area (Å²) in [5.74, 6) is 0.0635. The smallest absolute Gasteiger partial charge is 0.318 e. The molecule has 1 aromatic heterocycles. The lowest BCUT2D eigenvalue weighted by Gasteiger charge is -2.36. The van der Waals surface area contributed by atoms with Crippen molar-refractivity contribution in [1.29, 1.82) is 0 Å². The summed E-state index contributed by atoms with van der Waals surface area (Å²) in [6, 6.07) is 1.32. The Balaban J connectivity index is 2.05. The molecule has 1 aliphatic heterocycles. The molecule has 7 nitrogen and oxygen atoms in total. The second-order valence-corrected chi connectivity index (χ2v) is 8.53. The van der Waals surface area contributed by atoms with Crippen molar-refractivity contribution >= 4 is 15.9 Å². The molecule has 1 aliphatic rings. The van der Waals surface area contributed by atoms with E-state index in [-0.39, 0.29) is 23.6 Å². The standard InChI is InChI=1S/C15H26N4O3S/c1-4-23(21,22)11-12(2)17-15(20)19-10-6-5-7-14(19)13-8-9-16-18(13)3/h8-9,12,14H,4-7,10-11H2,1-3H3,(H,17,20). The first-order valence-electron chi connectivity index (χ1n) is 8.09. The normalized spacial score (nSPS) is 20.3. The van der Waals surface area contributed by atoms with Gasteiger partial charge in [-0.05, 0) is 32.3 Å². The van der Waals surface area contributed by atoms with Crippen molar-refractivity contribution in [2.75, 3.05) is 18.1 Å². The third-order valence-electron chi connectivity index (χ3n) is 4.28. The minimum atomic E-state index is -3.11. The molecule has 130 valence electrons. The molecule has 2 atom stereocenters. The number of nitrogens with one attached hydrogen (secondary N) is 1. The Hall–Kier alpha value is -1.57. The summed E-state index contributed by atoms with van der Waals surface area (Å²) in [5, 5.41) is 7.01. The van der Waals surface area contributed by atoms with Crippen molar-refractivity contribution in [2.24, 2.45) is 7.05 Å². The minimum Gasteiger partial charge on any atom is -0.334 e. The Kier molecular flexibility index (Phi) is 5.67. The Labute approximate surface area is 138 Å². The Morgan fingerprint density at radius 1 is 1.48 bits per heavy atom. The van der Waals surface area contributed by atoms with Crippen LogP contribution in [0.4, 0.5) is 4.79 Å². The van der Waals surface area contributed by atoms with Gasteiger partial charge in [0.2, 0.25) is 0 Å². The van der Waals surface area contributed by atoms with Crippen molar-refractivity contribution in [3.8, 4) is 0 Å². The average Bonchev–Trinajstić information content (AvgIpc) is 2.92. The first-order valence-corrected chi connectivity index (χ1v) is 9.91. The molecule has 0 spiro atoms. The molecule has 1 saturated heterocycles. The van der Waals surface area contributed by atoms with Crippen LogP contribution in [0.2, 0.25) is 0 Å². The maximum Gasteiger partial charge on any atom is 0.318 e. The number of urea groups is 1. The van der Waals surface area contributed by atoms with Crippen molar-refractivity contribution in [2.45, 2.75) is 45.2 Å². The van der Waals surface area contributed by atoms with Gasteiger partial charge >= 0.3 is 6.03 Å². The monoisotopic (exact) mass is 342 g/mol. The number of sulfone groups is 1. The number of hydrogen-bond donors (Lipinski definition) is 1. The van der Waals surface area contributed by atoms with Crippen LogP contribution < -0.4 is 5.32 Å². The van der Waals surface area contributed by atoms with E-state index < -0.39 is 15.9 Å². The molecule has 0 aliphatic carbocycles.